The number of piperidine rings is 1. The van der Waals surface area contributed by atoms with Crippen LogP contribution in [0, 0.1) is 0 Å². The molecule has 1 N–H and O–H groups in total. The van der Waals surface area contributed by atoms with Crippen LogP contribution in [0.15, 0.2) is 23.6 Å². The normalized spacial score (nSPS) is 15.5. The molecular formula is C19H21N3O4S2. The van der Waals surface area contributed by atoms with Crippen LogP contribution in [0.3, 0.4) is 0 Å². The van der Waals surface area contributed by atoms with Gasteiger partial charge in [-0.3, -0.25) is 9.59 Å². The fourth-order valence-electron chi connectivity index (χ4n) is 3.14. The van der Waals surface area contributed by atoms with Gasteiger partial charge in [-0.1, -0.05) is 0 Å². The Morgan fingerprint density at radius 1 is 1.14 bits per heavy atom. The Morgan fingerprint density at radius 2 is 1.96 bits per heavy atom. The fraction of sp³-hybridized carbons (Fsp3) is 0.421. The van der Waals surface area contributed by atoms with Gasteiger partial charge in [-0.25, -0.2) is 4.98 Å². The molecule has 4 rings (SSSR count). The van der Waals surface area contributed by atoms with E-state index in [0.717, 1.165) is 42.9 Å². The van der Waals surface area contributed by atoms with Crippen molar-refractivity contribution >= 4 is 40.0 Å². The molecule has 148 valence electrons. The van der Waals surface area contributed by atoms with Gasteiger partial charge in [-0.2, -0.15) is 0 Å². The van der Waals surface area contributed by atoms with Gasteiger partial charge in [-0.05, 0) is 37.5 Å². The first-order chi connectivity index (χ1) is 13.7. The lowest BCUT2D eigenvalue weighted by molar-refractivity contribution is -0.129. The van der Waals surface area contributed by atoms with E-state index in [1.165, 1.54) is 29.5 Å². The number of nitrogens with one attached hydrogen (secondary N) is 1. The number of aromatic nitrogens is 1. The third-order valence-electron chi connectivity index (χ3n) is 4.59. The number of carbonyl (C=O) groups is 2. The molecule has 1 fully saturated rings. The summed E-state index contributed by atoms with van der Waals surface area (Å²) in [4.78, 5) is 30.6. The van der Waals surface area contributed by atoms with Gasteiger partial charge >= 0.3 is 0 Å². The zero-order chi connectivity index (χ0) is 19.3. The third-order valence-corrected chi connectivity index (χ3v) is 6.26. The number of likely N-dealkylation sites (tertiary alicyclic amines) is 1. The molecule has 2 aromatic rings. The highest BCUT2D eigenvalue weighted by molar-refractivity contribution is 8.00. The molecule has 0 spiro atoms. The van der Waals surface area contributed by atoms with Crippen molar-refractivity contribution in [2.24, 2.45) is 0 Å². The number of thiazole rings is 1. The fourth-order valence-corrected chi connectivity index (χ4v) is 4.59. The minimum absolute atomic E-state index is 0.122. The van der Waals surface area contributed by atoms with Crippen LogP contribution in [0.4, 0.5) is 5.13 Å². The van der Waals surface area contributed by atoms with Crippen LogP contribution in [0.5, 0.6) is 11.5 Å². The number of ether oxygens (including phenoxy) is 2. The summed E-state index contributed by atoms with van der Waals surface area (Å²) in [5, 5.41) is 5.24. The Balaban J connectivity index is 1.25. The van der Waals surface area contributed by atoms with Crippen molar-refractivity contribution in [1.82, 2.24) is 9.88 Å². The van der Waals surface area contributed by atoms with Crippen molar-refractivity contribution in [1.29, 1.82) is 0 Å². The number of carbonyl (C=O) groups excluding carboxylic acids is 2. The Morgan fingerprint density at radius 3 is 2.82 bits per heavy atom. The first kappa shape index (κ1) is 19.1. The SMILES string of the molecule is O=C(CSCC(=O)N1CCCCC1)Nc1nc(-c2ccc3c(c2)OCO3)cs1. The first-order valence-electron chi connectivity index (χ1n) is 9.20. The average Bonchev–Trinajstić information content (AvgIpc) is 3.37. The van der Waals surface area contributed by atoms with Gasteiger partial charge < -0.3 is 19.7 Å². The molecule has 0 unspecified atom stereocenters. The van der Waals surface area contributed by atoms with Crippen LogP contribution in [-0.4, -0.2) is 53.1 Å². The summed E-state index contributed by atoms with van der Waals surface area (Å²) in [5.74, 6) is 1.97. The number of fused-ring (bicyclic) bond motifs is 1. The zero-order valence-corrected chi connectivity index (χ0v) is 16.9. The van der Waals surface area contributed by atoms with Crippen LogP contribution in [0.25, 0.3) is 11.3 Å². The lowest BCUT2D eigenvalue weighted by atomic mass is 10.1. The Hall–Kier alpha value is -2.26. The molecule has 2 aliphatic heterocycles. The second-order valence-electron chi connectivity index (χ2n) is 6.59. The standard InChI is InChI=1S/C19H21N3O4S2/c23-17(10-27-11-18(24)22-6-2-1-3-7-22)21-19-20-14(9-28-19)13-4-5-15-16(8-13)26-12-25-15/h4-5,8-9H,1-3,6-7,10-12H2,(H,20,21,23). The van der Waals surface area contributed by atoms with E-state index in [1.54, 1.807) is 0 Å². The van der Waals surface area contributed by atoms with Gasteiger partial charge in [0.15, 0.2) is 16.6 Å². The molecule has 7 nitrogen and oxygen atoms in total. The molecule has 1 aromatic carbocycles. The van der Waals surface area contributed by atoms with E-state index < -0.39 is 0 Å². The van der Waals surface area contributed by atoms with Gasteiger partial charge in [0.1, 0.15) is 0 Å². The highest BCUT2D eigenvalue weighted by atomic mass is 32.2. The quantitative estimate of drug-likeness (QED) is 0.774. The number of benzene rings is 1. The molecule has 28 heavy (non-hydrogen) atoms. The van der Waals surface area contributed by atoms with Gasteiger partial charge in [-0.15, -0.1) is 23.1 Å². The lowest BCUT2D eigenvalue weighted by Crippen LogP contribution is -2.37. The smallest absolute Gasteiger partial charge is 0.236 e. The molecule has 3 heterocycles. The van der Waals surface area contributed by atoms with Crippen LogP contribution in [-0.2, 0) is 9.59 Å². The summed E-state index contributed by atoms with van der Waals surface area (Å²) >= 11 is 2.71. The van der Waals surface area contributed by atoms with Gasteiger partial charge in [0.25, 0.3) is 0 Å². The van der Waals surface area contributed by atoms with E-state index in [2.05, 4.69) is 10.3 Å². The maximum atomic E-state index is 12.1. The van der Waals surface area contributed by atoms with Crippen molar-refractivity contribution in [3.05, 3.63) is 23.6 Å². The first-order valence-corrected chi connectivity index (χ1v) is 11.2. The Bertz CT molecular complexity index is 865. The van der Waals surface area contributed by atoms with Gasteiger partial charge in [0.2, 0.25) is 18.6 Å². The summed E-state index contributed by atoms with van der Waals surface area (Å²) in [7, 11) is 0. The van der Waals surface area contributed by atoms with Crippen LogP contribution < -0.4 is 14.8 Å². The van der Waals surface area contributed by atoms with Crippen molar-refractivity contribution in [2.45, 2.75) is 19.3 Å². The Kier molecular flexibility index (Phi) is 6.01. The average molecular weight is 420 g/mol. The maximum Gasteiger partial charge on any atom is 0.236 e. The molecule has 0 radical (unpaired) electrons. The van der Waals surface area contributed by atoms with Crippen LogP contribution >= 0.6 is 23.1 Å². The predicted octanol–water partition coefficient (Wildman–Crippen LogP) is 3.22. The second kappa shape index (κ2) is 8.83. The third kappa shape index (κ3) is 4.59. The highest BCUT2D eigenvalue weighted by Gasteiger charge is 2.18. The molecule has 0 bridgehead atoms. The summed E-state index contributed by atoms with van der Waals surface area (Å²) in [5.41, 5.74) is 1.68. The van der Waals surface area contributed by atoms with Crippen LogP contribution in [0.1, 0.15) is 19.3 Å². The lowest BCUT2D eigenvalue weighted by Gasteiger charge is -2.26. The van der Waals surface area contributed by atoms with Crippen molar-refractivity contribution in [3.8, 4) is 22.8 Å². The number of thioether (sulfide) groups is 1. The summed E-state index contributed by atoms with van der Waals surface area (Å²) in [6, 6.07) is 5.65. The van der Waals surface area contributed by atoms with E-state index >= 15 is 0 Å². The van der Waals surface area contributed by atoms with Crippen molar-refractivity contribution in [3.63, 3.8) is 0 Å². The molecule has 2 amide bonds. The largest absolute Gasteiger partial charge is 0.454 e. The highest BCUT2D eigenvalue weighted by Crippen LogP contribution is 2.36. The van der Waals surface area contributed by atoms with E-state index in [-0.39, 0.29) is 24.4 Å². The number of hydrogen-bond donors (Lipinski definition) is 1. The molecule has 0 aliphatic carbocycles. The zero-order valence-electron chi connectivity index (χ0n) is 15.3. The van der Waals surface area contributed by atoms with Crippen molar-refractivity contribution < 1.29 is 19.1 Å². The molecule has 1 saturated heterocycles. The summed E-state index contributed by atoms with van der Waals surface area (Å²) < 4.78 is 10.7. The molecular weight excluding hydrogens is 398 g/mol. The number of amides is 2. The molecule has 2 aliphatic rings. The minimum atomic E-state index is -0.150. The molecule has 9 heteroatoms. The van der Waals surface area contributed by atoms with Gasteiger partial charge in [0, 0.05) is 24.0 Å². The summed E-state index contributed by atoms with van der Waals surface area (Å²) in [6.45, 7) is 1.91. The number of anilines is 1. The molecule has 1 aromatic heterocycles. The second-order valence-corrected chi connectivity index (χ2v) is 8.43. The molecule has 0 saturated carbocycles. The maximum absolute atomic E-state index is 12.1. The van der Waals surface area contributed by atoms with Gasteiger partial charge in [0.05, 0.1) is 17.2 Å². The van der Waals surface area contributed by atoms with E-state index in [0.29, 0.717) is 16.6 Å². The topological polar surface area (TPSA) is 80.8 Å². The van der Waals surface area contributed by atoms with E-state index in [4.69, 9.17) is 9.47 Å². The van der Waals surface area contributed by atoms with E-state index in [9.17, 15) is 9.59 Å². The predicted molar refractivity (Wildman–Crippen MR) is 110 cm³/mol. The number of nitrogens with zero attached hydrogens (tertiary/aromatic N) is 2. The minimum Gasteiger partial charge on any atom is -0.454 e. The van der Waals surface area contributed by atoms with Crippen molar-refractivity contribution in [2.75, 3.05) is 36.7 Å². The van der Waals surface area contributed by atoms with Crippen LogP contribution in [0.2, 0.25) is 0 Å². The summed E-state index contributed by atoms with van der Waals surface area (Å²) in [6.07, 6.45) is 3.35. The molecule has 0 atom stereocenters. The monoisotopic (exact) mass is 419 g/mol. The van der Waals surface area contributed by atoms with E-state index in [1.807, 2.05) is 28.5 Å². The number of hydrogen-bond acceptors (Lipinski definition) is 7. The number of rotatable bonds is 6. The Labute approximate surface area is 171 Å².